The lowest BCUT2D eigenvalue weighted by molar-refractivity contribution is -0.166. The van der Waals surface area contributed by atoms with Crippen LogP contribution in [0.2, 0.25) is 0 Å². The van der Waals surface area contributed by atoms with Gasteiger partial charge >= 0.3 is 17.9 Å². The molecule has 0 heterocycles. The van der Waals surface area contributed by atoms with E-state index in [1.165, 1.54) is 212 Å². The summed E-state index contributed by atoms with van der Waals surface area (Å²) in [7, 11) is 0. The molecule has 0 saturated heterocycles. The number of carbonyl (C=O) groups is 3. The Morgan fingerprint density at radius 3 is 0.792 bits per heavy atom. The van der Waals surface area contributed by atoms with Gasteiger partial charge in [-0.3, -0.25) is 14.4 Å². The second-order valence-electron chi connectivity index (χ2n) is 21.0. The lowest BCUT2D eigenvalue weighted by Crippen LogP contribution is -2.30. The summed E-state index contributed by atoms with van der Waals surface area (Å²) in [5.74, 6) is -1.02. The van der Waals surface area contributed by atoms with Gasteiger partial charge in [-0.25, -0.2) is 0 Å². The van der Waals surface area contributed by atoms with Crippen LogP contribution < -0.4 is 0 Å². The second-order valence-corrected chi connectivity index (χ2v) is 21.0. The normalized spacial score (nSPS) is 12.4. The van der Waals surface area contributed by atoms with E-state index in [9.17, 15) is 14.4 Å². The van der Waals surface area contributed by atoms with E-state index >= 15 is 0 Å². The van der Waals surface area contributed by atoms with E-state index < -0.39 is 12.1 Å². The van der Waals surface area contributed by atoms with Gasteiger partial charge < -0.3 is 14.2 Å². The summed E-state index contributed by atoms with van der Waals surface area (Å²) in [4.78, 5) is 38.1. The molecule has 0 fully saturated rings. The van der Waals surface area contributed by atoms with Crippen molar-refractivity contribution >= 4 is 17.9 Å². The van der Waals surface area contributed by atoms with Crippen LogP contribution in [0.15, 0.2) is 60.8 Å². The maximum atomic E-state index is 12.8. The summed E-state index contributed by atoms with van der Waals surface area (Å²) in [5, 5.41) is 0. The van der Waals surface area contributed by atoms with Crippen molar-refractivity contribution < 1.29 is 28.6 Å². The van der Waals surface area contributed by atoms with E-state index in [4.69, 9.17) is 14.2 Å². The Labute approximate surface area is 447 Å². The third kappa shape index (κ3) is 58.0. The highest BCUT2D eigenvalue weighted by molar-refractivity contribution is 5.72. The fourth-order valence-corrected chi connectivity index (χ4v) is 9.17. The third-order valence-corrected chi connectivity index (χ3v) is 13.8. The molecule has 418 valence electrons. The molecule has 0 aliphatic heterocycles. The van der Waals surface area contributed by atoms with Crippen LogP contribution in [0.4, 0.5) is 0 Å². The number of rotatable bonds is 57. The van der Waals surface area contributed by atoms with Crippen LogP contribution in [-0.4, -0.2) is 37.2 Å². The van der Waals surface area contributed by atoms with E-state index in [1.54, 1.807) is 6.08 Å². The lowest BCUT2D eigenvalue weighted by atomic mass is 10.0. The monoisotopic (exact) mass is 1010 g/mol. The molecular formula is C66H118O6. The minimum Gasteiger partial charge on any atom is -0.462 e. The smallest absolute Gasteiger partial charge is 0.310 e. The van der Waals surface area contributed by atoms with Gasteiger partial charge in [0.05, 0.1) is 6.42 Å². The van der Waals surface area contributed by atoms with Crippen molar-refractivity contribution in [3.63, 3.8) is 0 Å². The molecule has 1 atom stereocenters. The van der Waals surface area contributed by atoms with Gasteiger partial charge in [0.2, 0.25) is 0 Å². The molecule has 0 N–H and O–H groups in total. The van der Waals surface area contributed by atoms with E-state index in [0.29, 0.717) is 12.8 Å². The van der Waals surface area contributed by atoms with Crippen molar-refractivity contribution in [2.75, 3.05) is 13.2 Å². The maximum Gasteiger partial charge on any atom is 0.310 e. The SMILES string of the molecule is CC/C=C\C/C=C\C/C=C\C/C=C\C/C=C\CC(=O)OC(COC(=O)CCCCCCCCCCCCCCCC)COC(=O)CCCCCCCCCCCCCCCCCCCCCCCCCCC. The molecule has 0 spiro atoms. The highest BCUT2D eigenvalue weighted by Gasteiger charge is 2.19. The van der Waals surface area contributed by atoms with Crippen molar-refractivity contribution in [1.82, 2.24) is 0 Å². The average molecular weight is 1010 g/mol. The number of carbonyl (C=O) groups excluding carboxylic acids is 3. The summed E-state index contributed by atoms with van der Waals surface area (Å²) in [5.41, 5.74) is 0. The fourth-order valence-electron chi connectivity index (χ4n) is 9.17. The highest BCUT2D eigenvalue weighted by Crippen LogP contribution is 2.18. The zero-order chi connectivity index (χ0) is 52.2. The van der Waals surface area contributed by atoms with Crippen LogP contribution in [0, 0.1) is 0 Å². The first-order chi connectivity index (χ1) is 35.5. The molecule has 6 nitrogen and oxygen atoms in total. The largest absolute Gasteiger partial charge is 0.462 e. The zero-order valence-electron chi connectivity index (χ0n) is 47.9. The number of unbranched alkanes of at least 4 members (excludes halogenated alkanes) is 37. The molecule has 0 saturated carbocycles. The Hall–Kier alpha value is -2.89. The molecule has 72 heavy (non-hydrogen) atoms. The molecule has 0 aromatic heterocycles. The van der Waals surface area contributed by atoms with Gasteiger partial charge in [0, 0.05) is 12.8 Å². The van der Waals surface area contributed by atoms with Gasteiger partial charge in [0.15, 0.2) is 6.10 Å². The molecular weight excluding hydrogens is 889 g/mol. The predicted octanol–water partition coefficient (Wildman–Crippen LogP) is 21.2. The van der Waals surface area contributed by atoms with Gasteiger partial charge in [-0.15, -0.1) is 0 Å². The van der Waals surface area contributed by atoms with Crippen LogP contribution >= 0.6 is 0 Å². The number of ether oxygens (including phenoxy) is 3. The van der Waals surface area contributed by atoms with E-state index in [1.807, 2.05) is 6.08 Å². The summed E-state index contributed by atoms with van der Waals surface area (Å²) >= 11 is 0. The Balaban J connectivity index is 4.30. The first-order valence-electron chi connectivity index (χ1n) is 31.3. The van der Waals surface area contributed by atoms with E-state index in [0.717, 1.165) is 70.6 Å². The molecule has 0 aliphatic rings. The standard InChI is InChI=1S/C66H118O6/c1-4-7-10-13-16-19-22-25-28-29-30-31-32-33-34-35-36-37-39-41-44-47-50-53-56-59-65(68)71-62-63(61-70-64(67)58-55-52-49-46-43-40-27-24-21-18-15-12-9-6-3)72-66(69)60-57-54-51-48-45-42-38-26-23-20-17-14-11-8-5-2/h8,11,17,20,26,38,45,48,54,57,63H,4-7,9-10,12-16,18-19,21-25,27-37,39-44,46-47,49-53,55-56,58-62H2,1-3H3/b11-8-,20-17-,38-26-,48-45-,57-54-. The fraction of sp³-hybridized carbons (Fsp3) is 0.803. The molecule has 0 rings (SSSR count). The van der Waals surface area contributed by atoms with Gasteiger partial charge in [0.1, 0.15) is 13.2 Å². The molecule has 6 heteroatoms. The topological polar surface area (TPSA) is 78.9 Å². The minimum absolute atomic E-state index is 0.102. The highest BCUT2D eigenvalue weighted by atomic mass is 16.6. The zero-order valence-corrected chi connectivity index (χ0v) is 47.9. The van der Waals surface area contributed by atoms with Gasteiger partial charge in [0.25, 0.3) is 0 Å². The van der Waals surface area contributed by atoms with Gasteiger partial charge in [-0.2, -0.15) is 0 Å². The van der Waals surface area contributed by atoms with Crippen molar-refractivity contribution in [2.24, 2.45) is 0 Å². The average Bonchev–Trinajstić information content (AvgIpc) is 3.38. The van der Waals surface area contributed by atoms with E-state index in [-0.39, 0.29) is 31.6 Å². The minimum atomic E-state index is -0.825. The quantitative estimate of drug-likeness (QED) is 0.0261. The van der Waals surface area contributed by atoms with Crippen LogP contribution in [0.3, 0.4) is 0 Å². The van der Waals surface area contributed by atoms with Crippen molar-refractivity contribution in [3.8, 4) is 0 Å². The predicted molar refractivity (Wildman–Crippen MR) is 312 cm³/mol. The third-order valence-electron chi connectivity index (χ3n) is 13.8. The number of hydrogen-bond acceptors (Lipinski definition) is 6. The Kier molecular flexibility index (Phi) is 58.2. The molecule has 0 radical (unpaired) electrons. The molecule has 1 unspecified atom stereocenters. The van der Waals surface area contributed by atoms with Gasteiger partial charge in [-0.05, 0) is 44.9 Å². The molecule has 0 aromatic carbocycles. The first-order valence-corrected chi connectivity index (χ1v) is 31.3. The summed E-state index contributed by atoms with van der Waals surface area (Å²) in [6, 6.07) is 0. The summed E-state index contributed by atoms with van der Waals surface area (Å²) in [6.07, 6.45) is 76.9. The first kappa shape index (κ1) is 69.1. The molecule has 0 amide bonds. The van der Waals surface area contributed by atoms with E-state index in [2.05, 4.69) is 69.4 Å². The Morgan fingerprint density at radius 1 is 0.292 bits per heavy atom. The van der Waals surface area contributed by atoms with Crippen LogP contribution in [0.5, 0.6) is 0 Å². The number of hydrogen-bond donors (Lipinski definition) is 0. The maximum absolute atomic E-state index is 12.8. The van der Waals surface area contributed by atoms with Crippen LogP contribution in [0.25, 0.3) is 0 Å². The van der Waals surface area contributed by atoms with Crippen molar-refractivity contribution in [2.45, 2.75) is 329 Å². The number of esters is 3. The molecule has 0 aromatic rings. The molecule has 0 aliphatic carbocycles. The van der Waals surface area contributed by atoms with Crippen LogP contribution in [0.1, 0.15) is 323 Å². The van der Waals surface area contributed by atoms with Crippen molar-refractivity contribution in [1.29, 1.82) is 0 Å². The van der Waals surface area contributed by atoms with Crippen LogP contribution in [-0.2, 0) is 28.6 Å². The summed E-state index contributed by atoms with van der Waals surface area (Å²) in [6.45, 7) is 6.49. The lowest BCUT2D eigenvalue weighted by Gasteiger charge is -2.18. The molecule has 0 bridgehead atoms. The van der Waals surface area contributed by atoms with Crippen molar-refractivity contribution in [3.05, 3.63) is 60.8 Å². The summed E-state index contributed by atoms with van der Waals surface area (Å²) < 4.78 is 16.8. The Morgan fingerprint density at radius 2 is 0.528 bits per heavy atom. The van der Waals surface area contributed by atoms with Gasteiger partial charge in [-0.1, -0.05) is 319 Å². The Bertz CT molecular complexity index is 1290. The second kappa shape index (κ2) is 60.7. The number of allylic oxidation sites excluding steroid dienone is 9.